The van der Waals surface area contributed by atoms with Crippen LogP contribution in [0, 0.1) is 5.41 Å². The van der Waals surface area contributed by atoms with E-state index >= 15 is 0 Å². The van der Waals surface area contributed by atoms with E-state index in [0.717, 1.165) is 11.3 Å². The maximum Gasteiger partial charge on any atom is 0.254 e. The highest BCUT2D eigenvalue weighted by Gasteiger charge is 2.44. The molecule has 2 rings (SSSR count). The number of nitrogens with two attached hydrogens (primary N) is 1. The van der Waals surface area contributed by atoms with E-state index in [9.17, 15) is 13.2 Å². The van der Waals surface area contributed by atoms with Gasteiger partial charge in [0.15, 0.2) is 8.68 Å². The van der Waals surface area contributed by atoms with Crippen molar-refractivity contribution in [3.8, 4) is 0 Å². The van der Waals surface area contributed by atoms with Gasteiger partial charge in [-0.25, -0.2) is 13.4 Å². The van der Waals surface area contributed by atoms with Crippen LogP contribution in [-0.4, -0.2) is 36.7 Å². The SMILES string of the molecule is CC1(C(N)=O)CCN(S(=O)(=O)c2cnc(Cl)s2)C1. The second-order valence-electron chi connectivity index (χ2n) is 4.45. The van der Waals surface area contributed by atoms with Crippen LogP contribution in [-0.2, 0) is 14.8 Å². The predicted molar refractivity (Wildman–Crippen MR) is 67.8 cm³/mol. The molecule has 1 aromatic rings. The molecular formula is C9H12ClN3O3S2. The van der Waals surface area contributed by atoms with Gasteiger partial charge in [-0.05, 0) is 13.3 Å². The third kappa shape index (κ3) is 2.25. The molecule has 1 fully saturated rings. The van der Waals surface area contributed by atoms with E-state index in [1.165, 1.54) is 10.5 Å². The molecule has 0 saturated carbocycles. The second-order valence-corrected chi connectivity index (χ2v) is 8.22. The van der Waals surface area contributed by atoms with Gasteiger partial charge in [0.1, 0.15) is 0 Å². The lowest BCUT2D eigenvalue weighted by Gasteiger charge is -2.20. The van der Waals surface area contributed by atoms with Crippen LogP contribution in [0.25, 0.3) is 0 Å². The van der Waals surface area contributed by atoms with Crippen LogP contribution in [0.1, 0.15) is 13.3 Å². The van der Waals surface area contributed by atoms with Crippen molar-refractivity contribution < 1.29 is 13.2 Å². The van der Waals surface area contributed by atoms with Crippen molar-refractivity contribution in [3.05, 3.63) is 10.7 Å². The van der Waals surface area contributed by atoms with Gasteiger partial charge >= 0.3 is 0 Å². The summed E-state index contributed by atoms with van der Waals surface area (Å²) in [7, 11) is -3.63. The van der Waals surface area contributed by atoms with Gasteiger partial charge in [0.05, 0.1) is 11.6 Å². The minimum absolute atomic E-state index is 0.0845. The van der Waals surface area contributed by atoms with E-state index in [1.807, 2.05) is 0 Å². The van der Waals surface area contributed by atoms with E-state index in [1.54, 1.807) is 6.92 Å². The van der Waals surface area contributed by atoms with Crippen molar-refractivity contribution in [1.82, 2.24) is 9.29 Å². The Kier molecular flexibility index (Phi) is 3.39. The molecule has 1 aliphatic rings. The second kappa shape index (κ2) is 4.44. The zero-order valence-corrected chi connectivity index (χ0v) is 12.0. The molecular weight excluding hydrogens is 298 g/mol. The lowest BCUT2D eigenvalue weighted by atomic mass is 9.89. The highest BCUT2D eigenvalue weighted by Crippen LogP contribution is 2.34. The van der Waals surface area contributed by atoms with Crippen LogP contribution in [0.2, 0.25) is 4.47 Å². The molecule has 6 nitrogen and oxygen atoms in total. The Bertz CT molecular complexity index is 586. The van der Waals surface area contributed by atoms with Crippen molar-refractivity contribution in [2.24, 2.45) is 11.1 Å². The fourth-order valence-electron chi connectivity index (χ4n) is 1.81. The third-order valence-electron chi connectivity index (χ3n) is 3.08. The number of nitrogens with zero attached hydrogens (tertiary/aromatic N) is 2. The molecule has 0 aliphatic carbocycles. The smallest absolute Gasteiger partial charge is 0.254 e. The molecule has 0 bridgehead atoms. The van der Waals surface area contributed by atoms with Crippen LogP contribution < -0.4 is 5.73 Å². The zero-order valence-electron chi connectivity index (χ0n) is 9.59. The van der Waals surface area contributed by atoms with Gasteiger partial charge in [-0.15, -0.1) is 0 Å². The number of halogens is 1. The van der Waals surface area contributed by atoms with Crippen molar-refractivity contribution >= 4 is 38.9 Å². The summed E-state index contributed by atoms with van der Waals surface area (Å²) in [6.45, 7) is 2.04. The van der Waals surface area contributed by atoms with Gasteiger partial charge in [-0.1, -0.05) is 22.9 Å². The number of thiazole rings is 1. The highest BCUT2D eigenvalue weighted by molar-refractivity contribution is 7.91. The lowest BCUT2D eigenvalue weighted by molar-refractivity contribution is -0.126. The molecule has 2 heterocycles. The maximum atomic E-state index is 12.2. The summed E-state index contributed by atoms with van der Waals surface area (Å²) >= 11 is 6.53. The fourth-order valence-corrected chi connectivity index (χ4v) is 4.82. The first-order valence-electron chi connectivity index (χ1n) is 5.17. The summed E-state index contributed by atoms with van der Waals surface area (Å²) in [5, 5.41) is 0. The lowest BCUT2D eigenvalue weighted by Crippen LogP contribution is -2.38. The summed E-state index contributed by atoms with van der Waals surface area (Å²) < 4.78 is 26.0. The molecule has 0 aromatic carbocycles. The summed E-state index contributed by atoms with van der Waals surface area (Å²) in [6, 6.07) is 0. The van der Waals surface area contributed by atoms with Crippen LogP contribution >= 0.6 is 22.9 Å². The molecule has 9 heteroatoms. The summed E-state index contributed by atoms with van der Waals surface area (Å²) in [4.78, 5) is 15.0. The minimum Gasteiger partial charge on any atom is -0.369 e. The number of aromatic nitrogens is 1. The van der Waals surface area contributed by atoms with E-state index in [-0.39, 0.29) is 21.8 Å². The Hall–Kier alpha value is -0.700. The first-order chi connectivity index (χ1) is 8.25. The molecule has 1 amide bonds. The minimum atomic E-state index is -3.63. The van der Waals surface area contributed by atoms with E-state index in [2.05, 4.69) is 4.98 Å². The molecule has 2 N–H and O–H groups in total. The molecule has 1 saturated heterocycles. The Labute approximate surface area is 114 Å². The van der Waals surface area contributed by atoms with Gasteiger partial charge in [0.25, 0.3) is 10.0 Å². The van der Waals surface area contributed by atoms with Gasteiger partial charge in [0.2, 0.25) is 5.91 Å². The molecule has 18 heavy (non-hydrogen) atoms. The molecule has 0 spiro atoms. The van der Waals surface area contributed by atoms with Crippen molar-refractivity contribution in [1.29, 1.82) is 0 Å². The quantitative estimate of drug-likeness (QED) is 0.888. The van der Waals surface area contributed by atoms with Gasteiger partial charge in [-0.2, -0.15) is 4.31 Å². The number of primary amides is 1. The summed E-state index contributed by atoms with van der Waals surface area (Å²) in [5.74, 6) is -0.484. The summed E-state index contributed by atoms with van der Waals surface area (Å²) in [6.07, 6.45) is 1.65. The first kappa shape index (κ1) is 13.7. The average Bonchev–Trinajstić information content (AvgIpc) is 2.86. The number of carbonyl (C=O) groups excluding carboxylic acids is 1. The van der Waals surface area contributed by atoms with Crippen LogP contribution in [0.5, 0.6) is 0 Å². The van der Waals surface area contributed by atoms with E-state index in [0.29, 0.717) is 6.42 Å². The van der Waals surface area contributed by atoms with Crippen molar-refractivity contribution in [2.45, 2.75) is 17.6 Å². The molecule has 0 radical (unpaired) electrons. The molecule has 1 unspecified atom stereocenters. The van der Waals surface area contributed by atoms with Crippen LogP contribution in [0.4, 0.5) is 0 Å². The number of carbonyl (C=O) groups is 1. The Morgan fingerprint density at radius 3 is 2.78 bits per heavy atom. The van der Waals surface area contributed by atoms with Gasteiger partial charge in [-0.3, -0.25) is 4.79 Å². The van der Waals surface area contributed by atoms with Crippen molar-refractivity contribution in [2.75, 3.05) is 13.1 Å². The van der Waals surface area contributed by atoms with Gasteiger partial charge in [0, 0.05) is 13.1 Å². The summed E-state index contributed by atoms with van der Waals surface area (Å²) in [5.41, 5.74) is 4.49. The number of rotatable bonds is 3. The largest absolute Gasteiger partial charge is 0.369 e. The fraction of sp³-hybridized carbons (Fsp3) is 0.556. The number of sulfonamides is 1. The Morgan fingerprint density at radius 1 is 1.67 bits per heavy atom. The normalized spacial score (nSPS) is 25.4. The third-order valence-corrected chi connectivity index (χ3v) is 6.48. The van der Waals surface area contributed by atoms with Gasteiger partial charge < -0.3 is 5.73 Å². The monoisotopic (exact) mass is 309 g/mol. The van der Waals surface area contributed by atoms with Crippen LogP contribution in [0.3, 0.4) is 0 Å². The molecule has 1 aliphatic heterocycles. The highest BCUT2D eigenvalue weighted by atomic mass is 35.5. The van der Waals surface area contributed by atoms with E-state index < -0.39 is 21.3 Å². The Balaban J connectivity index is 2.27. The number of hydrogen-bond donors (Lipinski definition) is 1. The topological polar surface area (TPSA) is 93.4 Å². The average molecular weight is 310 g/mol. The number of amides is 1. The predicted octanol–water partition coefficient (Wildman–Crippen LogP) is 0.683. The molecule has 1 aromatic heterocycles. The van der Waals surface area contributed by atoms with Crippen LogP contribution in [0.15, 0.2) is 10.4 Å². The molecule has 1 atom stereocenters. The molecule has 100 valence electrons. The van der Waals surface area contributed by atoms with E-state index in [4.69, 9.17) is 17.3 Å². The van der Waals surface area contributed by atoms with Crippen molar-refractivity contribution in [3.63, 3.8) is 0 Å². The Morgan fingerprint density at radius 2 is 2.33 bits per heavy atom. The first-order valence-corrected chi connectivity index (χ1v) is 7.80. The zero-order chi connectivity index (χ0) is 13.6. The number of hydrogen-bond acceptors (Lipinski definition) is 5. The maximum absolute atomic E-state index is 12.2. The standard InChI is InChI=1S/C9H12ClN3O3S2/c1-9(7(11)14)2-3-13(5-9)18(15,16)6-4-12-8(10)17-6/h4H,2-3,5H2,1H3,(H2,11,14).